The number of alkyl halides is 2. The lowest BCUT2D eigenvalue weighted by Gasteiger charge is -2.21. The van der Waals surface area contributed by atoms with E-state index in [9.17, 15) is 13.2 Å². The van der Waals surface area contributed by atoms with E-state index >= 15 is 0 Å². The highest BCUT2D eigenvalue weighted by atomic mass is 35.5. The molecule has 1 rings (SSSR count). The molecule has 6 heteroatoms. The maximum atomic E-state index is 13.0. The van der Waals surface area contributed by atoms with E-state index in [1.54, 1.807) is 0 Å². The Balaban J connectivity index is 3.02. The fourth-order valence-corrected chi connectivity index (χ4v) is 1.24. The first kappa shape index (κ1) is 12.3. The Labute approximate surface area is 89.5 Å². The van der Waals surface area contributed by atoms with Gasteiger partial charge in [-0.1, -0.05) is 17.7 Å². The van der Waals surface area contributed by atoms with Gasteiger partial charge in [-0.15, -0.1) is 0 Å². The SMILES string of the molecule is N[C@@H](c1ccc(F)c(Cl)c1)C(F)(F)CO. The summed E-state index contributed by atoms with van der Waals surface area (Å²) in [5.41, 5.74) is 5.18. The van der Waals surface area contributed by atoms with E-state index in [0.29, 0.717) is 0 Å². The van der Waals surface area contributed by atoms with Gasteiger partial charge in [-0.25, -0.2) is 13.2 Å². The van der Waals surface area contributed by atoms with Crippen LogP contribution in [0.2, 0.25) is 5.02 Å². The van der Waals surface area contributed by atoms with Crippen molar-refractivity contribution in [3.63, 3.8) is 0 Å². The maximum Gasteiger partial charge on any atom is 0.289 e. The molecule has 1 aromatic rings. The molecule has 0 heterocycles. The van der Waals surface area contributed by atoms with E-state index in [1.165, 1.54) is 0 Å². The third kappa shape index (κ3) is 2.62. The number of halogens is 4. The lowest BCUT2D eigenvalue weighted by Crippen LogP contribution is -2.36. The summed E-state index contributed by atoms with van der Waals surface area (Å²) < 4.78 is 38.6. The first-order chi connectivity index (χ1) is 6.88. The van der Waals surface area contributed by atoms with Gasteiger partial charge in [0, 0.05) is 0 Å². The van der Waals surface area contributed by atoms with Crippen LogP contribution in [0.5, 0.6) is 0 Å². The quantitative estimate of drug-likeness (QED) is 0.849. The van der Waals surface area contributed by atoms with Gasteiger partial charge in [0.1, 0.15) is 12.4 Å². The lowest BCUT2D eigenvalue weighted by molar-refractivity contribution is -0.0711. The molecule has 0 saturated carbocycles. The molecule has 0 aromatic heterocycles. The highest BCUT2D eigenvalue weighted by Gasteiger charge is 2.37. The van der Waals surface area contributed by atoms with Crippen LogP contribution >= 0.6 is 11.6 Å². The summed E-state index contributed by atoms with van der Waals surface area (Å²) >= 11 is 5.41. The molecule has 1 atom stereocenters. The molecule has 0 aliphatic heterocycles. The van der Waals surface area contributed by atoms with Gasteiger partial charge >= 0.3 is 0 Å². The summed E-state index contributed by atoms with van der Waals surface area (Å²) in [7, 11) is 0. The second-order valence-electron chi connectivity index (χ2n) is 3.07. The Hall–Kier alpha value is -0.780. The number of nitrogens with two attached hydrogens (primary N) is 1. The van der Waals surface area contributed by atoms with Crippen molar-refractivity contribution < 1.29 is 18.3 Å². The monoisotopic (exact) mass is 239 g/mol. The third-order valence-corrected chi connectivity index (χ3v) is 2.26. The zero-order valence-corrected chi connectivity index (χ0v) is 8.31. The summed E-state index contributed by atoms with van der Waals surface area (Å²) in [6.45, 7) is -1.37. The van der Waals surface area contributed by atoms with E-state index in [0.717, 1.165) is 18.2 Å². The zero-order chi connectivity index (χ0) is 11.6. The number of aliphatic hydroxyl groups excluding tert-OH is 1. The predicted molar refractivity (Wildman–Crippen MR) is 50.4 cm³/mol. The number of rotatable bonds is 3. The molecule has 3 N–H and O–H groups in total. The van der Waals surface area contributed by atoms with Crippen molar-refractivity contribution in [1.29, 1.82) is 0 Å². The minimum atomic E-state index is -3.46. The summed E-state index contributed by atoms with van der Waals surface area (Å²) in [5, 5.41) is 8.13. The molecule has 0 amide bonds. The van der Waals surface area contributed by atoms with Crippen molar-refractivity contribution in [1.82, 2.24) is 0 Å². The van der Waals surface area contributed by atoms with E-state index < -0.39 is 24.4 Å². The van der Waals surface area contributed by atoms with Crippen LogP contribution in [0.15, 0.2) is 18.2 Å². The topological polar surface area (TPSA) is 46.2 Å². The van der Waals surface area contributed by atoms with Crippen LogP contribution in [0, 0.1) is 5.82 Å². The van der Waals surface area contributed by atoms with Gasteiger partial charge in [-0.2, -0.15) is 0 Å². The average Bonchev–Trinajstić information content (AvgIpc) is 2.21. The second-order valence-corrected chi connectivity index (χ2v) is 3.48. The molecule has 0 fully saturated rings. The normalized spacial score (nSPS) is 14.0. The maximum absolute atomic E-state index is 13.0. The van der Waals surface area contributed by atoms with E-state index in [4.69, 9.17) is 22.4 Å². The number of hydrogen-bond acceptors (Lipinski definition) is 2. The highest BCUT2D eigenvalue weighted by molar-refractivity contribution is 6.30. The van der Waals surface area contributed by atoms with Crippen molar-refractivity contribution in [3.8, 4) is 0 Å². The van der Waals surface area contributed by atoms with E-state index in [-0.39, 0.29) is 10.6 Å². The van der Waals surface area contributed by atoms with Gasteiger partial charge in [0.25, 0.3) is 5.92 Å². The minimum absolute atomic E-state index is 0.0274. The molecule has 0 saturated heterocycles. The molecule has 0 spiro atoms. The Bertz CT molecular complexity index is 359. The van der Waals surface area contributed by atoms with Crippen LogP contribution in [-0.4, -0.2) is 17.6 Å². The first-order valence-electron chi connectivity index (χ1n) is 4.07. The van der Waals surface area contributed by atoms with Gasteiger partial charge in [0.05, 0.1) is 11.1 Å². The molecule has 0 radical (unpaired) electrons. The van der Waals surface area contributed by atoms with Gasteiger partial charge in [0.15, 0.2) is 0 Å². The zero-order valence-electron chi connectivity index (χ0n) is 7.55. The fourth-order valence-electron chi connectivity index (χ4n) is 1.05. The summed E-state index contributed by atoms with van der Waals surface area (Å²) in [6, 6.07) is 1.37. The molecule has 0 bridgehead atoms. The molecular formula is C9H9ClF3NO. The van der Waals surface area contributed by atoms with Crippen molar-refractivity contribution in [3.05, 3.63) is 34.6 Å². The molecule has 1 aromatic carbocycles. The number of benzene rings is 1. The Morgan fingerprint density at radius 1 is 1.47 bits per heavy atom. The molecule has 84 valence electrons. The van der Waals surface area contributed by atoms with Crippen LogP contribution in [-0.2, 0) is 0 Å². The highest BCUT2D eigenvalue weighted by Crippen LogP contribution is 2.30. The van der Waals surface area contributed by atoms with Crippen molar-refractivity contribution >= 4 is 11.6 Å². The fraction of sp³-hybridized carbons (Fsp3) is 0.333. The third-order valence-electron chi connectivity index (χ3n) is 1.97. The smallest absolute Gasteiger partial charge is 0.289 e. The minimum Gasteiger partial charge on any atom is -0.390 e. The standard InChI is InChI=1S/C9H9ClF3NO/c10-6-3-5(1-2-7(6)11)8(14)9(12,13)4-15/h1-3,8,15H,4,14H2/t8-/m0/s1. The average molecular weight is 240 g/mol. The van der Waals surface area contributed by atoms with Crippen LogP contribution in [0.3, 0.4) is 0 Å². The Kier molecular flexibility index (Phi) is 3.59. The van der Waals surface area contributed by atoms with Crippen LogP contribution < -0.4 is 5.73 Å². The largest absolute Gasteiger partial charge is 0.390 e. The Morgan fingerprint density at radius 2 is 2.07 bits per heavy atom. The molecule has 0 aliphatic rings. The van der Waals surface area contributed by atoms with Crippen LogP contribution in [0.25, 0.3) is 0 Å². The molecule has 0 aliphatic carbocycles. The van der Waals surface area contributed by atoms with Gasteiger partial charge in [-0.3, -0.25) is 0 Å². The van der Waals surface area contributed by atoms with Gasteiger partial charge in [0.2, 0.25) is 0 Å². The van der Waals surface area contributed by atoms with Gasteiger partial charge < -0.3 is 10.8 Å². The summed E-state index contributed by atoms with van der Waals surface area (Å²) in [5.74, 6) is -4.17. The molecule has 0 unspecified atom stereocenters. The summed E-state index contributed by atoms with van der Waals surface area (Å²) in [6.07, 6.45) is 0. The number of hydrogen-bond donors (Lipinski definition) is 2. The van der Waals surface area contributed by atoms with Crippen molar-refractivity contribution in [2.75, 3.05) is 6.61 Å². The second kappa shape index (κ2) is 4.38. The van der Waals surface area contributed by atoms with Crippen molar-refractivity contribution in [2.24, 2.45) is 5.73 Å². The molecular weight excluding hydrogens is 231 g/mol. The molecule has 15 heavy (non-hydrogen) atoms. The van der Waals surface area contributed by atoms with Gasteiger partial charge in [-0.05, 0) is 17.7 Å². The van der Waals surface area contributed by atoms with E-state index in [2.05, 4.69) is 0 Å². The lowest BCUT2D eigenvalue weighted by atomic mass is 10.0. The predicted octanol–water partition coefficient (Wildman–Crippen LogP) is 2.11. The van der Waals surface area contributed by atoms with E-state index in [1.807, 2.05) is 0 Å². The molecule has 2 nitrogen and oxygen atoms in total. The summed E-state index contributed by atoms with van der Waals surface area (Å²) in [4.78, 5) is 0. The van der Waals surface area contributed by atoms with Crippen LogP contribution in [0.4, 0.5) is 13.2 Å². The Morgan fingerprint density at radius 3 is 2.53 bits per heavy atom. The van der Waals surface area contributed by atoms with Crippen molar-refractivity contribution in [2.45, 2.75) is 12.0 Å². The first-order valence-corrected chi connectivity index (χ1v) is 4.45. The number of aliphatic hydroxyl groups is 1. The van der Waals surface area contributed by atoms with Crippen LogP contribution in [0.1, 0.15) is 11.6 Å².